The first-order valence-corrected chi connectivity index (χ1v) is 12.8. The lowest BCUT2D eigenvalue weighted by atomic mass is 10.1. The Kier molecular flexibility index (Phi) is 9.70. The van der Waals surface area contributed by atoms with Crippen molar-refractivity contribution in [2.45, 2.75) is 59.2 Å². The molecule has 1 aromatic heterocycles. The smallest absolute Gasteiger partial charge is 0.332 e. The molecular formula is C28H36N4O6. The summed E-state index contributed by atoms with van der Waals surface area (Å²) in [5.74, 6) is 0.144. The Balaban J connectivity index is 2.05. The van der Waals surface area contributed by atoms with E-state index in [0.29, 0.717) is 29.2 Å². The highest BCUT2D eigenvalue weighted by molar-refractivity contribution is 5.94. The Hall–Kier alpha value is -4.08. The second-order valence-corrected chi connectivity index (χ2v) is 9.17. The monoisotopic (exact) mass is 524 g/mol. The lowest BCUT2D eigenvalue weighted by molar-refractivity contribution is -0.121. The number of carbonyl (C=O) groups excluding carboxylic acids is 2. The van der Waals surface area contributed by atoms with Gasteiger partial charge in [0.15, 0.2) is 11.5 Å². The summed E-state index contributed by atoms with van der Waals surface area (Å²) in [5, 5.41) is 5.94. The molecule has 2 amide bonds. The Bertz CT molecular complexity index is 1410. The van der Waals surface area contributed by atoms with Gasteiger partial charge in [0.1, 0.15) is 6.54 Å². The molecule has 0 fully saturated rings. The van der Waals surface area contributed by atoms with Gasteiger partial charge in [0, 0.05) is 24.2 Å². The lowest BCUT2D eigenvalue weighted by Gasteiger charge is -2.16. The van der Waals surface area contributed by atoms with Crippen molar-refractivity contribution in [2.24, 2.45) is 0 Å². The van der Waals surface area contributed by atoms with Crippen molar-refractivity contribution < 1.29 is 19.1 Å². The zero-order chi connectivity index (χ0) is 27.8. The lowest BCUT2D eigenvalue weighted by Crippen LogP contribution is -2.43. The summed E-state index contributed by atoms with van der Waals surface area (Å²) in [6, 6.07) is 9.83. The predicted octanol–water partition coefficient (Wildman–Crippen LogP) is 2.67. The molecule has 0 aliphatic rings. The Morgan fingerprint density at radius 1 is 0.974 bits per heavy atom. The van der Waals surface area contributed by atoms with Gasteiger partial charge in [-0.1, -0.05) is 32.4 Å². The summed E-state index contributed by atoms with van der Waals surface area (Å²) in [6.45, 7) is 6.14. The molecule has 204 valence electrons. The maximum absolute atomic E-state index is 13.6. The highest BCUT2D eigenvalue weighted by atomic mass is 16.5. The minimum atomic E-state index is -0.626. The van der Waals surface area contributed by atoms with Gasteiger partial charge in [-0.3, -0.25) is 23.5 Å². The number of ether oxygens (including phenoxy) is 2. The fourth-order valence-electron chi connectivity index (χ4n) is 3.99. The minimum absolute atomic E-state index is 0.0351. The minimum Gasteiger partial charge on any atom is -0.493 e. The molecule has 1 unspecified atom stereocenters. The number of hydrogen-bond donors (Lipinski definition) is 2. The number of rotatable bonds is 12. The third kappa shape index (κ3) is 6.42. The number of unbranched alkanes of at least 4 members (excludes halogenated alkanes) is 1. The van der Waals surface area contributed by atoms with E-state index in [1.165, 1.54) is 30.9 Å². The zero-order valence-corrected chi connectivity index (χ0v) is 22.6. The number of nitrogens with one attached hydrogen (secondary N) is 2. The van der Waals surface area contributed by atoms with Crippen LogP contribution in [0.3, 0.4) is 0 Å². The van der Waals surface area contributed by atoms with E-state index in [2.05, 4.69) is 10.6 Å². The third-order valence-electron chi connectivity index (χ3n) is 6.43. The van der Waals surface area contributed by atoms with Crippen LogP contribution in [0.15, 0.2) is 46.0 Å². The predicted molar refractivity (Wildman–Crippen MR) is 146 cm³/mol. The molecule has 1 heterocycles. The number of fused-ring (bicyclic) bond motifs is 1. The van der Waals surface area contributed by atoms with Crippen molar-refractivity contribution in [3.63, 3.8) is 0 Å². The van der Waals surface area contributed by atoms with Crippen molar-refractivity contribution in [3.05, 3.63) is 68.4 Å². The fourth-order valence-corrected chi connectivity index (χ4v) is 3.99. The average molecular weight is 525 g/mol. The van der Waals surface area contributed by atoms with Gasteiger partial charge in [-0.2, -0.15) is 0 Å². The summed E-state index contributed by atoms with van der Waals surface area (Å²) in [4.78, 5) is 52.1. The average Bonchev–Trinajstić information content (AvgIpc) is 2.92. The van der Waals surface area contributed by atoms with Crippen LogP contribution in [0.1, 0.15) is 56.0 Å². The number of methoxy groups -OCH3 is 2. The summed E-state index contributed by atoms with van der Waals surface area (Å²) in [7, 11) is 2.91. The molecule has 10 heteroatoms. The van der Waals surface area contributed by atoms with Crippen LogP contribution in [0.5, 0.6) is 11.5 Å². The molecule has 0 saturated carbocycles. The van der Waals surface area contributed by atoms with Crippen molar-refractivity contribution in [1.82, 2.24) is 19.8 Å². The number of aromatic nitrogens is 2. The molecule has 0 aliphatic heterocycles. The quantitative estimate of drug-likeness (QED) is 0.352. The molecular weight excluding hydrogens is 488 g/mol. The van der Waals surface area contributed by atoms with Crippen molar-refractivity contribution in [2.75, 3.05) is 20.8 Å². The van der Waals surface area contributed by atoms with E-state index >= 15 is 0 Å². The van der Waals surface area contributed by atoms with E-state index in [0.717, 1.165) is 23.8 Å². The second kappa shape index (κ2) is 12.9. The summed E-state index contributed by atoms with van der Waals surface area (Å²) in [6.07, 6.45) is 2.55. The molecule has 3 aromatic rings. The van der Waals surface area contributed by atoms with Crippen LogP contribution in [0.25, 0.3) is 10.9 Å². The highest BCUT2D eigenvalue weighted by Crippen LogP contribution is 2.30. The van der Waals surface area contributed by atoms with Gasteiger partial charge in [0.25, 0.3) is 11.5 Å². The largest absolute Gasteiger partial charge is 0.493 e. The Morgan fingerprint density at radius 3 is 2.24 bits per heavy atom. The second-order valence-electron chi connectivity index (χ2n) is 9.17. The molecule has 38 heavy (non-hydrogen) atoms. The summed E-state index contributed by atoms with van der Waals surface area (Å²) >= 11 is 0. The number of hydrogen-bond acceptors (Lipinski definition) is 6. The molecule has 0 radical (unpaired) electrons. The molecule has 1 atom stereocenters. The van der Waals surface area contributed by atoms with E-state index in [9.17, 15) is 19.2 Å². The topological polar surface area (TPSA) is 121 Å². The highest BCUT2D eigenvalue weighted by Gasteiger charge is 2.19. The van der Waals surface area contributed by atoms with Gasteiger partial charge >= 0.3 is 5.69 Å². The van der Waals surface area contributed by atoms with E-state index in [1.54, 1.807) is 24.3 Å². The van der Waals surface area contributed by atoms with E-state index in [-0.39, 0.29) is 41.8 Å². The molecule has 0 spiro atoms. The van der Waals surface area contributed by atoms with Crippen LogP contribution >= 0.6 is 0 Å². The van der Waals surface area contributed by atoms with E-state index in [1.807, 2.05) is 20.8 Å². The van der Waals surface area contributed by atoms with Gasteiger partial charge in [-0.15, -0.1) is 0 Å². The molecule has 10 nitrogen and oxygen atoms in total. The summed E-state index contributed by atoms with van der Waals surface area (Å²) in [5.41, 5.74) is 0.267. The fraction of sp³-hybridized carbons (Fsp3) is 0.429. The van der Waals surface area contributed by atoms with Gasteiger partial charge in [-0.05, 0) is 43.5 Å². The number of nitrogens with zero attached hydrogens (tertiary/aromatic N) is 2. The van der Waals surface area contributed by atoms with Gasteiger partial charge in [0.2, 0.25) is 5.91 Å². The van der Waals surface area contributed by atoms with E-state index in [4.69, 9.17) is 9.47 Å². The van der Waals surface area contributed by atoms with Gasteiger partial charge < -0.3 is 20.1 Å². The standard InChI is InChI=1S/C28H36N4O6/c1-6-8-13-29-25(33)17-31-22-15-24(38-5)23(37-4)14-21(22)27(35)32(28(31)36)16-19-9-11-20(12-10-19)26(34)30-18(3)7-2/h9-12,14-15,18H,6-8,13,16-17H2,1-5H3,(H,29,33)(H,30,34). The zero-order valence-electron chi connectivity index (χ0n) is 22.6. The Morgan fingerprint density at radius 2 is 1.63 bits per heavy atom. The number of amides is 2. The van der Waals surface area contributed by atoms with Crippen LogP contribution in [0, 0.1) is 0 Å². The third-order valence-corrected chi connectivity index (χ3v) is 6.43. The first-order chi connectivity index (χ1) is 18.2. The molecule has 0 bridgehead atoms. The molecule has 0 saturated heterocycles. The summed E-state index contributed by atoms with van der Waals surface area (Å²) < 4.78 is 13.1. The van der Waals surface area contributed by atoms with Crippen LogP contribution in [-0.2, 0) is 17.9 Å². The van der Waals surface area contributed by atoms with E-state index < -0.39 is 11.2 Å². The van der Waals surface area contributed by atoms with Crippen LogP contribution in [0.2, 0.25) is 0 Å². The van der Waals surface area contributed by atoms with Crippen molar-refractivity contribution >= 4 is 22.7 Å². The normalized spacial score (nSPS) is 11.7. The SMILES string of the molecule is CCCCNC(=O)Cn1c(=O)n(Cc2ccc(C(=O)NC(C)CC)cc2)c(=O)c2cc(OC)c(OC)cc21. The molecule has 3 rings (SSSR count). The van der Waals surface area contributed by atoms with Crippen molar-refractivity contribution in [3.8, 4) is 11.5 Å². The number of benzene rings is 2. The van der Waals surface area contributed by atoms with Gasteiger partial charge in [0.05, 0.1) is 31.7 Å². The first-order valence-electron chi connectivity index (χ1n) is 12.8. The first kappa shape index (κ1) is 28.5. The maximum Gasteiger partial charge on any atom is 0.332 e. The number of carbonyl (C=O) groups is 2. The van der Waals surface area contributed by atoms with Crippen LogP contribution in [0.4, 0.5) is 0 Å². The molecule has 2 N–H and O–H groups in total. The van der Waals surface area contributed by atoms with Crippen molar-refractivity contribution in [1.29, 1.82) is 0 Å². The maximum atomic E-state index is 13.6. The van der Waals surface area contributed by atoms with Gasteiger partial charge in [-0.25, -0.2) is 4.79 Å². The van der Waals surface area contributed by atoms with Crippen LogP contribution < -0.4 is 31.4 Å². The molecule has 2 aromatic carbocycles. The van der Waals surface area contributed by atoms with Crippen LogP contribution in [-0.4, -0.2) is 47.8 Å². The molecule has 0 aliphatic carbocycles. The Labute approximate surface area is 221 Å².